The van der Waals surface area contributed by atoms with Crippen molar-refractivity contribution in [3.8, 4) is 16.9 Å². The van der Waals surface area contributed by atoms with Gasteiger partial charge in [-0.1, -0.05) is 35.3 Å². The molecule has 1 unspecified atom stereocenters. The first kappa shape index (κ1) is 13.2. The van der Waals surface area contributed by atoms with Crippen LogP contribution in [0.3, 0.4) is 0 Å². The van der Waals surface area contributed by atoms with Crippen molar-refractivity contribution in [1.29, 1.82) is 0 Å². The quantitative estimate of drug-likeness (QED) is 0.856. The second-order valence-electron chi connectivity index (χ2n) is 4.08. The van der Waals surface area contributed by atoms with Crippen molar-refractivity contribution in [2.45, 2.75) is 13.0 Å². The molecule has 0 aromatic heterocycles. The number of aromatic hydroxyl groups is 1. The van der Waals surface area contributed by atoms with Gasteiger partial charge in [0.05, 0.1) is 11.1 Å². The lowest BCUT2D eigenvalue weighted by atomic mass is 10.0. The molecule has 94 valence electrons. The molecule has 0 heterocycles. The first-order valence-electron chi connectivity index (χ1n) is 5.45. The molecule has 0 aliphatic heterocycles. The molecule has 0 saturated carbocycles. The summed E-state index contributed by atoms with van der Waals surface area (Å²) in [6.07, 6.45) is -0.783. The number of rotatable bonds is 2. The Bertz CT molecular complexity index is 563. The van der Waals surface area contributed by atoms with Crippen molar-refractivity contribution in [3.63, 3.8) is 0 Å². The van der Waals surface area contributed by atoms with Gasteiger partial charge in [-0.05, 0) is 42.3 Å². The first-order valence-corrected chi connectivity index (χ1v) is 6.21. The summed E-state index contributed by atoms with van der Waals surface area (Å²) >= 11 is 11.8. The van der Waals surface area contributed by atoms with Gasteiger partial charge in [-0.3, -0.25) is 0 Å². The minimum Gasteiger partial charge on any atom is -0.506 e. The van der Waals surface area contributed by atoms with E-state index in [9.17, 15) is 10.2 Å². The third-order valence-electron chi connectivity index (χ3n) is 2.72. The molecule has 2 nitrogen and oxygen atoms in total. The molecule has 2 N–H and O–H groups in total. The fourth-order valence-corrected chi connectivity index (χ4v) is 2.10. The average molecular weight is 283 g/mol. The maximum absolute atomic E-state index is 9.77. The van der Waals surface area contributed by atoms with Crippen molar-refractivity contribution in [3.05, 3.63) is 52.0 Å². The molecule has 0 aliphatic carbocycles. The summed E-state index contributed by atoms with van der Waals surface area (Å²) in [6.45, 7) is 1.58. The summed E-state index contributed by atoms with van der Waals surface area (Å²) in [5.74, 6) is -0.0793. The van der Waals surface area contributed by atoms with Gasteiger partial charge in [0.1, 0.15) is 5.75 Å². The Hall–Kier alpha value is -1.22. The topological polar surface area (TPSA) is 40.5 Å². The van der Waals surface area contributed by atoms with E-state index in [2.05, 4.69) is 0 Å². The van der Waals surface area contributed by atoms with Gasteiger partial charge in [0, 0.05) is 10.6 Å². The van der Waals surface area contributed by atoms with E-state index in [1.54, 1.807) is 31.2 Å². The maximum atomic E-state index is 9.77. The molecule has 0 amide bonds. The standard InChI is InChI=1S/C14H12Cl2O2/c1-8(17)12-6-10(7-13(16)14(12)18)9-2-4-11(15)5-3-9/h2-8,17-18H,1H3. The van der Waals surface area contributed by atoms with Crippen LogP contribution < -0.4 is 0 Å². The smallest absolute Gasteiger partial charge is 0.139 e. The summed E-state index contributed by atoms with van der Waals surface area (Å²) in [4.78, 5) is 0. The Morgan fingerprint density at radius 1 is 1.00 bits per heavy atom. The second-order valence-corrected chi connectivity index (χ2v) is 4.92. The van der Waals surface area contributed by atoms with Crippen molar-refractivity contribution < 1.29 is 10.2 Å². The fraction of sp³-hybridized carbons (Fsp3) is 0.143. The van der Waals surface area contributed by atoms with Crippen LogP contribution in [0.2, 0.25) is 10.0 Å². The summed E-state index contributed by atoms with van der Waals surface area (Å²) in [6, 6.07) is 10.6. The molecule has 0 radical (unpaired) electrons. The number of halogens is 2. The zero-order valence-electron chi connectivity index (χ0n) is 9.69. The molecule has 0 saturated heterocycles. The molecule has 1 atom stereocenters. The SMILES string of the molecule is CC(O)c1cc(-c2ccc(Cl)cc2)cc(Cl)c1O. The minimum atomic E-state index is -0.783. The van der Waals surface area contributed by atoms with Gasteiger partial charge in [0.25, 0.3) is 0 Å². The summed E-state index contributed by atoms with van der Waals surface area (Å²) in [7, 11) is 0. The van der Waals surface area contributed by atoms with Crippen molar-refractivity contribution in [2.24, 2.45) is 0 Å². The normalized spacial score (nSPS) is 12.4. The summed E-state index contributed by atoms with van der Waals surface area (Å²) < 4.78 is 0. The average Bonchev–Trinajstić information content (AvgIpc) is 2.33. The second kappa shape index (κ2) is 5.19. The zero-order chi connectivity index (χ0) is 13.3. The lowest BCUT2D eigenvalue weighted by Gasteiger charge is -2.12. The molecule has 4 heteroatoms. The van der Waals surface area contributed by atoms with Crippen molar-refractivity contribution in [2.75, 3.05) is 0 Å². The molecule has 2 aromatic rings. The number of phenolic OH excluding ortho intramolecular Hbond substituents is 1. The third-order valence-corrected chi connectivity index (χ3v) is 3.26. The van der Waals surface area contributed by atoms with Crippen LogP contribution in [-0.4, -0.2) is 10.2 Å². The maximum Gasteiger partial charge on any atom is 0.139 e. The number of phenols is 1. The highest BCUT2D eigenvalue weighted by Gasteiger charge is 2.13. The van der Waals surface area contributed by atoms with Crippen molar-refractivity contribution >= 4 is 23.2 Å². The van der Waals surface area contributed by atoms with Crippen LogP contribution in [0.5, 0.6) is 5.75 Å². The number of benzene rings is 2. The van der Waals surface area contributed by atoms with Crippen LogP contribution in [-0.2, 0) is 0 Å². The molecule has 0 fully saturated rings. The van der Waals surface area contributed by atoms with Crippen LogP contribution in [0.15, 0.2) is 36.4 Å². The van der Waals surface area contributed by atoms with Gasteiger partial charge in [-0.25, -0.2) is 0 Å². The lowest BCUT2D eigenvalue weighted by molar-refractivity contribution is 0.195. The van der Waals surface area contributed by atoms with E-state index in [0.717, 1.165) is 11.1 Å². The van der Waals surface area contributed by atoms with E-state index in [-0.39, 0.29) is 10.8 Å². The van der Waals surface area contributed by atoms with Gasteiger partial charge >= 0.3 is 0 Å². The Labute approximate surface area is 115 Å². The highest BCUT2D eigenvalue weighted by Crippen LogP contribution is 2.36. The van der Waals surface area contributed by atoms with Gasteiger partial charge in [0.15, 0.2) is 0 Å². The van der Waals surface area contributed by atoms with E-state index in [1.165, 1.54) is 0 Å². The molecule has 2 aromatic carbocycles. The predicted octanol–water partition coefficient (Wildman–Crippen LogP) is 4.42. The van der Waals surface area contributed by atoms with E-state index < -0.39 is 6.10 Å². The van der Waals surface area contributed by atoms with Crippen LogP contribution >= 0.6 is 23.2 Å². The molecule has 2 rings (SSSR count). The number of hydrogen-bond acceptors (Lipinski definition) is 2. The van der Waals surface area contributed by atoms with Crippen LogP contribution in [0.25, 0.3) is 11.1 Å². The Morgan fingerprint density at radius 2 is 1.61 bits per heavy atom. The fourth-order valence-electron chi connectivity index (χ4n) is 1.75. The van der Waals surface area contributed by atoms with E-state index >= 15 is 0 Å². The van der Waals surface area contributed by atoms with Gasteiger partial charge in [-0.15, -0.1) is 0 Å². The number of aliphatic hydroxyl groups is 1. The van der Waals surface area contributed by atoms with Gasteiger partial charge in [0.2, 0.25) is 0 Å². The highest BCUT2D eigenvalue weighted by atomic mass is 35.5. The monoisotopic (exact) mass is 282 g/mol. The Balaban J connectivity index is 2.55. The minimum absolute atomic E-state index is 0.0793. The molecule has 0 spiro atoms. The lowest BCUT2D eigenvalue weighted by Crippen LogP contribution is -1.93. The van der Waals surface area contributed by atoms with E-state index in [0.29, 0.717) is 10.6 Å². The molecule has 18 heavy (non-hydrogen) atoms. The number of hydrogen-bond donors (Lipinski definition) is 2. The zero-order valence-corrected chi connectivity index (χ0v) is 11.2. The molecular formula is C14H12Cl2O2. The first-order chi connectivity index (χ1) is 8.49. The largest absolute Gasteiger partial charge is 0.506 e. The molecule has 0 aliphatic rings. The highest BCUT2D eigenvalue weighted by molar-refractivity contribution is 6.32. The molecular weight excluding hydrogens is 271 g/mol. The van der Waals surface area contributed by atoms with Crippen molar-refractivity contribution in [1.82, 2.24) is 0 Å². The van der Waals surface area contributed by atoms with Gasteiger partial charge in [-0.2, -0.15) is 0 Å². The number of aliphatic hydroxyl groups excluding tert-OH is 1. The summed E-state index contributed by atoms with van der Waals surface area (Å²) in [5, 5.41) is 20.2. The third kappa shape index (κ3) is 2.61. The predicted molar refractivity (Wildman–Crippen MR) is 74.2 cm³/mol. The Morgan fingerprint density at radius 3 is 2.17 bits per heavy atom. The van der Waals surface area contributed by atoms with Crippen LogP contribution in [0.1, 0.15) is 18.6 Å². The summed E-state index contributed by atoms with van der Waals surface area (Å²) in [5.41, 5.74) is 2.15. The van der Waals surface area contributed by atoms with E-state index in [1.807, 2.05) is 12.1 Å². The van der Waals surface area contributed by atoms with E-state index in [4.69, 9.17) is 23.2 Å². The van der Waals surface area contributed by atoms with Gasteiger partial charge < -0.3 is 10.2 Å². The molecule has 0 bridgehead atoms. The van der Waals surface area contributed by atoms with Crippen LogP contribution in [0, 0.1) is 0 Å². The van der Waals surface area contributed by atoms with Crippen LogP contribution in [0.4, 0.5) is 0 Å². The Kier molecular flexibility index (Phi) is 3.81.